The highest BCUT2D eigenvalue weighted by molar-refractivity contribution is 5.80. The molecule has 2 aliphatic heterocycles. The van der Waals surface area contributed by atoms with Gasteiger partial charge in [0.25, 0.3) is 0 Å². The van der Waals surface area contributed by atoms with Crippen LogP contribution < -0.4 is 14.8 Å². The van der Waals surface area contributed by atoms with Crippen LogP contribution in [-0.4, -0.2) is 50.3 Å². The van der Waals surface area contributed by atoms with Gasteiger partial charge in [0.2, 0.25) is 0 Å². The summed E-state index contributed by atoms with van der Waals surface area (Å²) in [7, 11) is 0. The molecule has 5 nitrogen and oxygen atoms in total. The maximum atomic E-state index is 5.72. The molecule has 1 fully saturated rings. The minimum Gasteiger partial charge on any atom is -0.486 e. The van der Waals surface area contributed by atoms with Crippen molar-refractivity contribution in [3.63, 3.8) is 0 Å². The normalized spacial score (nSPS) is 18.0. The molecular formula is C19H29N3O2. The number of benzene rings is 1. The summed E-state index contributed by atoms with van der Waals surface area (Å²) < 4.78 is 11.3. The number of ether oxygens (including phenoxy) is 2. The van der Waals surface area contributed by atoms with E-state index in [-0.39, 0.29) is 5.41 Å². The molecule has 1 aromatic rings. The van der Waals surface area contributed by atoms with Gasteiger partial charge in [-0.1, -0.05) is 19.9 Å². The molecule has 132 valence electrons. The van der Waals surface area contributed by atoms with Gasteiger partial charge in [-0.05, 0) is 37.5 Å². The molecule has 0 aliphatic carbocycles. The molecule has 1 saturated heterocycles. The number of nitrogens with one attached hydrogen (secondary N) is 1. The molecule has 3 rings (SSSR count). The molecule has 0 spiro atoms. The Bertz CT molecular complexity index is 592. The summed E-state index contributed by atoms with van der Waals surface area (Å²) in [6.07, 6.45) is 2.52. The average Bonchev–Trinajstić information content (AvgIpc) is 3.12. The average molecular weight is 331 g/mol. The minimum atomic E-state index is -0.0593. The van der Waals surface area contributed by atoms with Crippen LogP contribution in [0.25, 0.3) is 0 Å². The molecule has 1 aromatic carbocycles. The van der Waals surface area contributed by atoms with Crippen LogP contribution in [0.15, 0.2) is 23.2 Å². The van der Waals surface area contributed by atoms with Gasteiger partial charge in [0.05, 0.1) is 6.54 Å². The van der Waals surface area contributed by atoms with Gasteiger partial charge in [0.15, 0.2) is 17.5 Å². The Labute approximate surface area is 145 Å². The molecule has 0 radical (unpaired) electrons. The van der Waals surface area contributed by atoms with E-state index in [0.29, 0.717) is 13.2 Å². The van der Waals surface area contributed by atoms with Gasteiger partial charge >= 0.3 is 0 Å². The summed E-state index contributed by atoms with van der Waals surface area (Å²) in [5.74, 6) is 2.73. The van der Waals surface area contributed by atoms with Gasteiger partial charge in [-0.2, -0.15) is 0 Å². The lowest BCUT2D eigenvalue weighted by molar-refractivity contribution is 0.171. The van der Waals surface area contributed by atoms with Gasteiger partial charge < -0.3 is 19.7 Å². The van der Waals surface area contributed by atoms with E-state index in [4.69, 9.17) is 14.5 Å². The van der Waals surface area contributed by atoms with Crippen molar-refractivity contribution in [2.75, 3.05) is 39.4 Å². The highest BCUT2D eigenvalue weighted by atomic mass is 16.6. The Hall–Kier alpha value is -1.91. The molecule has 5 heteroatoms. The lowest BCUT2D eigenvalue weighted by Gasteiger charge is -2.27. The zero-order valence-corrected chi connectivity index (χ0v) is 15.1. The molecular weight excluding hydrogens is 302 g/mol. The van der Waals surface area contributed by atoms with Crippen LogP contribution in [0.3, 0.4) is 0 Å². The molecule has 0 bridgehead atoms. The van der Waals surface area contributed by atoms with E-state index < -0.39 is 0 Å². The summed E-state index contributed by atoms with van der Waals surface area (Å²) >= 11 is 0. The molecule has 0 unspecified atom stereocenters. The largest absolute Gasteiger partial charge is 0.486 e. The second-order valence-electron chi connectivity index (χ2n) is 7.11. The van der Waals surface area contributed by atoms with Crippen LogP contribution >= 0.6 is 0 Å². The topological polar surface area (TPSA) is 46.1 Å². The quantitative estimate of drug-likeness (QED) is 0.681. The smallest absolute Gasteiger partial charge is 0.193 e. The second-order valence-corrected chi connectivity index (χ2v) is 7.11. The van der Waals surface area contributed by atoms with Crippen molar-refractivity contribution in [3.05, 3.63) is 23.8 Å². The number of hydrogen-bond donors (Lipinski definition) is 1. The number of likely N-dealkylation sites (tertiary alicyclic amines) is 1. The van der Waals surface area contributed by atoms with Crippen LogP contribution in [0.5, 0.6) is 11.5 Å². The summed E-state index contributed by atoms with van der Waals surface area (Å²) in [5, 5.41) is 3.43. The first kappa shape index (κ1) is 16.9. The summed E-state index contributed by atoms with van der Waals surface area (Å²) in [6, 6.07) is 6.25. The first-order chi connectivity index (χ1) is 11.6. The van der Waals surface area contributed by atoms with Crippen molar-refractivity contribution < 1.29 is 9.47 Å². The molecule has 0 amide bonds. The van der Waals surface area contributed by atoms with Crippen LogP contribution in [0, 0.1) is 0 Å². The van der Waals surface area contributed by atoms with Gasteiger partial charge in [0, 0.05) is 25.0 Å². The molecule has 24 heavy (non-hydrogen) atoms. The van der Waals surface area contributed by atoms with Crippen molar-refractivity contribution in [2.24, 2.45) is 4.99 Å². The van der Waals surface area contributed by atoms with Crippen molar-refractivity contribution in [2.45, 2.75) is 39.0 Å². The number of guanidine groups is 1. The van der Waals surface area contributed by atoms with Gasteiger partial charge in [-0.3, -0.25) is 4.99 Å². The summed E-state index contributed by atoms with van der Waals surface area (Å²) in [6.45, 7) is 11.7. The van der Waals surface area contributed by atoms with E-state index in [0.717, 1.165) is 43.6 Å². The first-order valence-corrected chi connectivity index (χ1v) is 9.03. The third kappa shape index (κ3) is 3.77. The number of fused-ring (bicyclic) bond motifs is 1. The number of aliphatic imine (C=N–C) groups is 1. The molecule has 0 aromatic heterocycles. The SMILES string of the molecule is CCNC(=NCC(C)(C)c1ccc2c(c1)OCCO2)N1CCCC1. The Morgan fingerprint density at radius 3 is 2.58 bits per heavy atom. The highest BCUT2D eigenvalue weighted by Crippen LogP contribution is 2.35. The zero-order valence-electron chi connectivity index (χ0n) is 15.1. The number of hydrogen-bond acceptors (Lipinski definition) is 3. The van der Waals surface area contributed by atoms with E-state index in [1.807, 2.05) is 6.07 Å². The van der Waals surface area contributed by atoms with Crippen LogP contribution in [-0.2, 0) is 5.41 Å². The van der Waals surface area contributed by atoms with Crippen LogP contribution in [0.4, 0.5) is 0 Å². The summed E-state index contributed by atoms with van der Waals surface area (Å²) in [4.78, 5) is 7.28. The summed E-state index contributed by atoms with van der Waals surface area (Å²) in [5.41, 5.74) is 1.17. The van der Waals surface area contributed by atoms with E-state index in [2.05, 4.69) is 43.1 Å². The molecule has 2 aliphatic rings. The number of nitrogens with zero attached hydrogens (tertiary/aromatic N) is 2. The maximum absolute atomic E-state index is 5.72. The first-order valence-electron chi connectivity index (χ1n) is 9.03. The predicted octanol–water partition coefficient (Wildman–Crippen LogP) is 2.80. The molecule has 0 saturated carbocycles. The highest BCUT2D eigenvalue weighted by Gasteiger charge is 2.24. The fourth-order valence-corrected chi connectivity index (χ4v) is 3.18. The monoisotopic (exact) mass is 331 g/mol. The van der Waals surface area contributed by atoms with Crippen molar-refractivity contribution in [3.8, 4) is 11.5 Å². The van der Waals surface area contributed by atoms with Crippen LogP contribution in [0.2, 0.25) is 0 Å². The molecule has 1 N–H and O–H groups in total. The van der Waals surface area contributed by atoms with Crippen LogP contribution in [0.1, 0.15) is 39.2 Å². The van der Waals surface area contributed by atoms with E-state index in [9.17, 15) is 0 Å². The van der Waals surface area contributed by atoms with Crippen molar-refractivity contribution >= 4 is 5.96 Å². The Morgan fingerprint density at radius 1 is 1.17 bits per heavy atom. The standard InChI is InChI=1S/C19H29N3O2/c1-4-20-18(22-9-5-6-10-22)21-14-19(2,3)15-7-8-16-17(13-15)24-12-11-23-16/h7-8,13H,4-6,9-12,14H2,1-3H3,(H,20,21). The van der Waals surface area contributed by atoms with Gasteiger partial charge in [-0.15, -0.1) is 0 Å². The van der Waals surface area contributed by atoms with Gasteiger partial charge in [0.1, 0.15) is 13.2 Å². The van der Waals surface area contributed by atoms with Crippen molar-refractivity contribution in [1.82, 2.24) is 10.2 Å². The number of rotatable bonds is 4. The third-order valence-electron chi connectivity index (χ3n) is 4.69. The van der Waals surface area contributed by atoms with E-state index >= 15 is 0 Å². The lowest BCUT2D eigenvalue weighted by Crippen LogP contribution is -2.40. The fraction of sp³-hybridized carbons (Fsp3) is 0.632. The Kier molecular flexibility index (Phi) is 5.17. The Morgan fingerprint density at radius 2 is 1.88 bits per heavy atom. The minimum absolute atomic E-state index is 0.0593. The fourth-order valence-electron chi connectivity index (χ4n) is 3.18. The zero-order chi connectivity index (χ0) is 17.0. The van der Waals surface area contributed by atoms with E-state index in [1.54, 1.807) is 0 Å². The van der Waals surface area contributed by atoms with E-state index in [1.165, 1.54) is 18.4 Å². The second kappa shape index (κ2) is 7.32. The molecule has 0 atom stereocenters. The lowest BCUT2D eigenvalue weighted by atomic mass is 9.84. The predicted molar refractivity (Wildman–Crippen MR) is 97.2 cm³/mol. The maximum Gasteiger partial charge on any atom is 0.193 e. The Balaban J connectivity index is 1.75. The third-order valence-corrected chi connectivity index (χ3v) is 4.69. The van der Waals surface area contributed by atoms with Gasteiger partial charge in [-0.25, -0.2) is 0 Å². The van der Waals surface area contributed by atoms with Crippen molar-refractivity contribution in [1.29, 1.82) is 0 Å². The molecule has 2 heterocycles.